The molecule has 1 aliphatic heterocycles. The molecule has 1 heterocycles. The van der Waals surface area contributed by atoms with Crippen LogP contribution in [0.4, 0.5) is 0 Å². The van der Waals surface area contributed by atoms with E-state index in [-0.39, 0.29) is 17.4 Å². The van der Waals surface area contributed by atoms with Crippen LogP contribution in [-0.4, -0.2) is 60.5 Å². The molecule has 5 aliphatic rings. The molecule has 3 saturated carbocycles. The molecule has 0 N–H and O–H groups in total. The van der Waals surface area contributed by atoms with E-state index >= 15 is 0 Å². The standard InChI is InChI=1S/C34H48N2O3/c1-22-28-13-14-30-27-12-11-25-20-26(15-17-33(25,3)29(27)16-18-34(28,30)21-35(22)4)36(5)32(38)31(39-23(2)37)19-24-9-7-6-8-10-24/h6-11,22,26-31H,12-21H2,1-5H3/t22-,26-,27+,28+,29?,30-,31-,33-,34-/m0/s1. The molecule has 212 valence electrons. The molecule has 1 aromatic carbocycles. The Bertz CT molecular complexity index is 1130. The van der Waals surface area contributed by atoms with Crippen molar-refractivity contribution in [2.75, 3.05) is 20.6 Å². The van der Waals surface area contributed by atoms with Gasteiger partial charge in [-0.25, -0.2) is 0 Å². The van der Waals surface area contributed by atoms with Crippen LogP contribution in [0.5, 0.6) is 0 Å². The van der Waals surface area contributed by atoms with E-state index in [0.717, 1.165) is 54.5 Å². The van der Waals surface area contributed by atoms with Crippen molar-refractivity contribution in [3.8, 4) is 0 Å². The number of fused-ring (bicyclic) bond motifs is 4. The number of hydrogen-bond donors (Lipinski definition) is 0. The van der Waals surface area contributed by atoms with Gasteiger partial charge in [-0.3, -0.25) is 9.59 Å². The van der Waals surface area contributed by atoms with Crippen LogP contribution in [0.25, 0.3) is 0 Å². The van der Waals surface area contributed by atoms with Crippen molar-refractivity contribution in [2.45, 2.75) is 96.7 Å². The van der Waals surface area contributed by atoms with Gasteiger partial charge in [0.2, 0.25) is 0 Å². The van der Waals surface area contributed by atoms with E-state index in [9.17, 15) is 9.59 Å². The van der Waals surface area contributed by atoms with E-state index in [0.29, 0.717) is 11.8 Å². The number of likely N-dealkylation sites (tertiary alicyclic amines) is 1. The van der Waals surface area contributed by atoms with Crippen molar-refractivity contribution >= 4 is 11.9 Å². The number of amides is 1. The van der Waals surface area contributed by atoms with Gasteiger partial charge in [-0.1, -0.05) is 48.9 Å². The van der Waals surface area contributed by atoms with E-state index in [1.165, 1.54) is 45.6 Å². The predicted molar refractivity (Wildman–Crippen MR) is 154 cm³/mol. The molecule has 5 heteroatoms. The Morgan fingerprint density at radius 2 is 1.82 bits per heavy atom. The monoisotopic (exact) mass is 532 g/mol. The zero-order chi connectivity index (χ0) is 27.5. The summed E-state index contributed by atoms with van der Waals surface area (Å²) in [4.78, 5) is 30.1. The van der Waals surface area contributed by atoms with Crippen molar-refractivity contribution < 1.29 is 14.3 Å². The third kappa shape index (κ3) is 4.38. The van der Waals surface area contributed by atoms with Crippen molar-refractivity contribution in [3.63, 3.8) is 0 Å². The fraction of sp³-hybridized carbons (Fsp3) is 0.706. The van der Waals surface area contributed by atoms with Crippen LogP contribution in [-0.2, 0) is 20.7 Å². The number of hydrogen-bond acceptors (Lipinski definition) is 4. The summed E-state index contributed by atoms with van der Waals surface area (Å²) in [7, 11) is 4.27. The zero-order valence-corrected chi connectivity index (χ0v) is 24.7. The number of esters is 1. The predicted octanol–water partition coefficient (Wildman–Crippen LogP) is 5.88. The van der Waals surface area contributed by atoms with E-state index in [1.54, 1.807) is 5.57 Å². The number of nitrogens with zero attached hydrogens (tertiary/aromatic N) is 2. The second-order valence-electron chi connectivity index (χ2n) is 14.0. The van der Waals surface area contributed by atoms with Gasteiger partial charge in [0.1, 0.15) is 0 Å². The Balaban J connectivity index is 1.17. The highest BCUT2D eigenvalue weighted by atomic mass is 16.5. The molecule has 1 amide bonds. The van der Waals surface area contributed by atoms with Gasteiger partial charge in [-0.2, -0.15) is 0 Å². The third-order valence-corrected chi connectivity index (χ3v) is 12.4. The molecule has 39 heavy (non-hydrogen) atoms. The number of benzene rings is 1. The fourth-order valence-electron chi connectivity index (χ4n) is 10.4. The first-order valence-corrected chi connectivity index (χ1v) is 15.5. The van der Waals surface area contributed by atoms with E-state index in [1.807, 2.05) is 42.3 Å². The molecule has 1 unspecified atom stereocenters. The number of rotatable bonds is 5. The average Bonchev–Trinajstić information content (AvgIpc) is 3.40. The first-order valence-electron chi connectivity index (χ1n) is 15.5. The van der Waals surface area contributed by atoms with E-state index in [4.69, 9.17) is 4.74 Å². The molecular formula is C34H48N2O3. The topological polar surface area (TPSA) is 49.9 Å². The molecule has 4 aliphatic carbocycles. The molecule has 0 radical (unpaired) electrons. The summed E-state index contributed by atoms with van der Waals surface area (Å²) in [5, 5.41) is 0. The summed E-state index contributed by atoms with van der Waals surface area (Å²) in [6.45, 7) is 7.73. The number of allylic oxidation sites excluding steroid dienone is 1. The third-order valence-electron chi connectivity index (χ3n) is 12.4. The van der Waals surface area contributed by atoms with E-state index < -0.39 is 12.1 Å². The maximum absolute atomic E-state index is 13.7. The molecule has 6 rings (SSSR count). The zero-order valence-electron chi connectivity index (χ0n) is 24.7. The molecule has 5 nitrogen and oxygen atoms in total. The van der Waals surface area contributed by atoms with Crippen molar-refractivity contribution in [3.05, 3.63) is 47.5 Å². The summed E-state index contributed by atoms with van der Waals surface area (Å²) in [6, 6.07) is 10.8. The molecule has 1 aromatic rings. The van der Waals surface area contributed by atoms with Gasteiger partial charge < -0.3 is 14.5 Å². The number of ether oxygens (including phenoxy) is 1. The Kier molecular flexibility index (Phi) is 6.97. The summed E-state index contributed by atoms with van der Waals surface area (Å²) >= 11 is 0. The maximum atomic E-state index is 13.7. The summed E-state index contributed by atoms with van der Waals surface area (Å²) in [5.74, 6) is 2.90. The molecule has 1 saturated heterocycles. The Hall–Kier alpha value is -2.14. The SMILES string of the molecule is CC(=O)O[C@@H](Cc1ccccc1)C(=O)N(C)[C@H]1CC[C@@]2(C)C(=CC[C@@H]3C2CC[C@]24CN(C)[C@@H](C)[C@H]2CC[C@@H]34)C1. The minimum Gasteiger partial charge on any atom is -0.452 e. The fourth-order valence-corrected chi connectivity index (χ4v) is 10.4. The van der Waals surface area contributed by atoms with Crippen molar-refractivity contribution in [2.24, 2.45) is 34.5 Å². The lowest BCUT2D eigenvalue weighted by molar-refractivity contribution is -0.159. The van der Waals surface area contributed by atoms with Crippen molar-refractivity contribution in [1.82, 2.24) is 9.80 Å². The van der Waals surface area contributed by atoms with Crippen LogP contribution in [0.1, 0.15) is 77.7 Å². The largest absolute Gasteiger partial charge is 0.452 e. The Morgan fingerprint density at radius 1 is 1.08 bits per heavy atom. The van der Waals surface area contributed by atoms with Crippen LogP contribution < -0.4 is 0 Å². The number of carbonyl (C=O) groups excluding carboxylic acids is 2. The Morgan fingerprint density at radius 3 is 2.56 bits per heavy atom. The normalized spacial score (nSPS) is 40.0. The lowest BCUT2D eigenvalue weighted by Crippen LogP contribution is -2.53. The lowest BCUT2D eigenvalue weighted by Gasteiger charge is -2.58. The van der Waals surface area contributed by atoms with Gasteiger partial charge in [0.05, 0.1) is 0 Å². The molecule has 0 aromatic heterocycles. The maximum Gasteiger partial charge on any atom is 0.303 e. The molecule has 9 atom stereocenters. The first kappa shape index (κ1) is 27.1. The van der Waals surface area contributed by atoms with Gasteiger partial charge in [0.25, 0.3) is 5.91 Å². The van der Waals surface area contributed by atoms with Crippen LogP contribution in [0.2, 0.25) is 0 Å². The van der Waals surface area contributed by atoms with Crippen LogP contribution in [0.3, 0.4) is 0 Å². The number of carbonyl (C=O) groups is 2. The van der Waals surface area contributed by atoms with Crippen LogP contribution >= 0.6 is 0 Å². The van der Waals surface area contributed by atoms with Crippen LogP contribution in [0, 0.1) is 34.5 Å². The molecule has 0 bridgehead atoms. The highest BCUT2D eigenvalue weighted by Gasteiger charge is 2.64. The van der Waals surface area contributed by atoms with Gasteiger partial charge >= 0.3 is 5.97 Å². The average molecular weight is 533 g/mol. The second kappa shape index (κ2) is 10.0. The summed E-state index contributed by atoms with van der Waals surface area (Å²) in [6.07, 6.45) is 12.2. The van der Waals surface area contributed by atoms with Gasteiger partial charge in [-0.15, -0.1) is 0 Å². The van der Waals surface area contributed by atoms with Crippen molar-refractivity contribution in [1.29, 1.82) is 0 Å². The molecule has 4 fully saturated rings. The van der Waals surface area contributed by atoms with Gasteiger partial charge in [0, 0.05) is 39.0 Å². The van der Waals surface area contributed by atoms with Gasteiger partial charge in [-0.05, 0) is 105 Å². The van der Waals surface area contributed by atoms with Gasteiger partial charge in [0.15, 0.2) is 6.10 Å². The molecule has 1 spiro atoms. The minimum absolute atomic E-state index is 0.0759. The highest BCUT2D eigenvalue weighted by Crippen LogP contribution is 2.68. The second-order valence-corrected chi connectivity index (χ2v) is 14.0. The van der Waals surface area contributed by atoms with E-state index in [2.05, 4.69) is 31.9 Å². The highest BCUT2D eigenvalue weighted by molar-refractivity contribution is 5.84. The Labute approximate surface area is 235 Å². The molecular weight excluding hydrogens is 484 g/mol. The first-order chi connectivity index (χ1) is 18.6. The quantitative estimate of drug-likeness (QED) is 0.351. The lowest BCUT2D eigenvalue weighted by atomic mass is 9.47. The smallest absolute Gasteiger partial charge is 0.303 e. The van der Waals surface area contributed by atoms with Crippen LogP contribution in [0.15, 0.2) is 42.0 Å². The minimum atomic E-state index is -0.773. The summed E-state index contributed by atoms with van der Waals surface area (Å²) < 4.78 is 5.57. The number of likely N-dealkylation sites (N-methyl/N-ethyl adjacent to an activating group) is 1. The summed E-state index contributed by atoms with van der Waals surface area (Å²) in [5.41, 5.74) is 3.42.